The second-order valence-electron chi connectivity index (χ2n) is 12.0. The predicted octanol–water partition coefficient (Wildman–Crippen LogP) is 5.05. The number of benzene rings is 2. The molecule has 3 aliphatic heterocycles. The van der Waals surface area contributed by atoms with Crippen molar-refractivity contribution in [2.24, 2.45) is 11.8 Å². The minimum absolute atomic E-state index is 0.184. The fourth-order valence-corrected chi connectivity index (χ4v) is 7.69. The molecular weight excluding hydrogens is 532 g/mol. The molecule has 2 aromatic rings. The summed E-state index contributed by atoms with van der Waals surface area (Å²) in [6, 6.07) is 9.30. The van der Waals surface area contributed by atoms with Crippen LogP contribution in [0.2, 0.25) is 0 Å². The van der Waals surface area contributed by atoms with Gasteiger partial charge in [0.15, 0.2) is 23.0 Å². The Kier molecular flexibility index (Phi) is 10.2. The van der Waals surface area contributed by atoms with Gasteiger partial charge in [0.2, 0.25) is 0 Å². The minimum Gasteiger partial charge on any atom is -0.493 e. The van der Waals surface area contributed by atoms with Crippen molar-refractivity contribution in [2.75, 3.05) is 67.8 Å². The molecule has 5 atom stereocenters. The second-order valence-corrected chi connectivity index (χ2v) is 12.0. The molecule has 3 heterocycles. The number of fused-ring (bicyclic) bond motifs is 4. The van der Waals surface area contributed by atoms with Crippen LogP contribution in [-0.2, 0) is 17.6 Å². The van der Waals surface area contributed by atoms with Gasteiger partial charge in [-0.1, -0.05) is 13.3 Å². The lowest BCUT2D eigenvalue weighted by Gasteiger charge is -2.49. The quantitative estimate of drug-likeness (QED) is 0.373. The van der Waals surface area contributed by atoms with Gasteiger partial charge in [-0.05, 0) is 91.0 Å². The van der Waals surface area contributed by atoms with E-state index in [9.17, 15) is 5.11 Å². The van der Waals surface area contributed by atoms with Crippen molar-refractivity contribution in [3.63, 3.8) is 0 Å². The van der Waals surface area contributed by atoms with Crippen molar-refractivity contribution >= 4 is 0 Å². The van der Waals surface area contributed by atoms with Gasteiger partial charge < -0.3 is 28.8 Å². The second kappa shape index (κ2) is 13.8. The largest absolute Gasteiger partial charge is 0.493 e. The molecule has 8 nitrogen and oxygen atoms in total. The van der Waals surface area contributed by atoms with Gasteiger partial charge in [-0.3, -0.25) is 9.80 Å². The molecule has 2 aromatic carbocycles. The van der Waals surface area contributed by atoms with Crippen molar-refractivity contribution in [1.29, 1.82) is 0 Å². The number of β-amino-alcohol motifs (C(OH)–C–C–N with tert-alkyl or cyclic N) is 1. The lowest BCUT2D eigenvalue weighted by molar-refractivity contribution is -0.00325. The molecule has 232 valence electrons. The average Bonchev–Trinajstić information content (AvgIpc) is 3.02. The zero-order valence-corrected chi connectivity index (χ0v) is 26.4. The Morgan fingerprint density at radius 2 is 1.40 bits per heavy atom. The van der Waals surface area contributed by atoms with Crippen molar-refractivity contribution in [1.82, 2.24) is 9.80 Å². The molecule has 5 rings (SSSR count). The van der Waals surface area contributed by atoms with Crippen LogP contribution in [-0.4, -0.2) is 88.8 Å². The van der Waals surface area contributed by atoms with E-state index >= 15 is 0 Å². The third-order valence-corrected chi connectivity index (χ3v) is 9.90. The van der Waals surface area contributed by atoms with E-state index in [1.807, 2.05) is 6.92 Å². The number of hydrogen-bond donors (Lipinski definition) is 1. The van der Waals surface area contributed by atoms with Crippen molar-refractivity contribution in [3.8, 4) is 23.0 Å². The molecule has 0 amide bonds. The summed E-state index contributed by atoms with van der Waals surface area (Å²) in [4.78, 5) is 5.19. The Balaban J connectivity index is 1.47. The summed E-state index contributed by atoms with van der Waals surface area (Å²) >= 11 is 0. The Hall–Kier alpha value is -2.52. The smallest absolute Gasteiger partial charge is 0.161 e. The predicted molar refractivity (Wildman–Crippen MR) is 164 cm³/mol. The summed E-state index contributed by atoms with van der Waals surface area (Å²) in [6.07, 6.45) is 4.73. The third-order valence-electron chi connectivity index (χ3n) is 9.90. The Morgan fingerprint density at radius 1 is 0.810 bits per heavy atom. The highest BCUT2D eigenvalue weighted by atomic mass is 16.5. The van der Waals surface area contributed by atoms with E-state index in [1.165, 1.54) is 22.3 Å². The van der Waals surface area contributed by atoms with E-state index in [4.69, 9.17) is 23.7 Å². The summed E-state index contributed by atoms with van der Waals surface area (Å²) in [5, 5.41) is 10.9. The van der Waals surface area contributed by atoms with E-state index in [1.54, 1.807) is 28.4 Å². The Morgan fingerprint density at radius 3 is 2.02 bits per heavy atom. The van der Waals surface area contributed by atoms with Gasteiger partial charge in [0, 0.05) is 44.9 Å². The molecule has 42 heavy (non-hydrogen) atoms. The van der Waals surface area contributed by atoms with E-state index in [0.29, 0.717) is 37.6 Å². The summed E-state index contributed by atoms with van der Waals surface area (Å²) in [7, 11) is 6.84. The highest BCUT2D eigenvalue weighted by Crippen LogP contribution is 2.49. The van der Waals surface area contributed by atoms with Crippen molar-refractivity contribution < 1.29 is 28.8 Å². The number of nitrogens with zero attached hydrogens (tertiary/aromatic N) is 2. The number of aliphatic hydroxyl groups excluding tert-OH is 1. The molecular formula is C34H50N2O6. The van der Waals surface area contributed by atoms with Gasteiger partial charge in [0.25, 0.3) is 0 Å². The van der Waals surface area contributed by atoms with Crippen LogP contribution in [0.1, 0.15) is 67.4 Å². The summed E-state index contributed by atoms with van der Waals surface area (Å²) in [5.74, 6) is 4.32. The first-order valence-corrected chi connectivity index (χ1v) is 15.7. The number of ether oxygens (including phenoxy) is 5. The van der Waals surface area contributed by atoms with Crippen LogP contribution in [0.4, 0.5) is 0 Å². The first kappa shape index (κ1) is 30.9. The maximum absolute atomic E-state index is 10.9. The molecule has 1 saturated heterocycles. The number of aliphatic hydroxyl groups is 1. The molecule has 8 heteroatoms. The van der Waals surface area contributed by atoms with Crippen LogP contribution in [0.5, 0.6) is 23.0 Å². The number of piperidine rings is 1. The van der Waals surface area contributed by atoms with Crippen molar-refractivity contribution in [3.05, 3.63) is 46.5 Å². The van der Waals surface area contributed by atoms with Crippen LogP contribution in [0.3, 0.4) is 0 Å². The first-order chi connectivity index (χ1) is 20.4. The lowest BCUT2D eigenvalue weighted by Crippen LogP contribution is -2.48. The molecule has 0 spiro atoms. The van der Waals surface area contributed by atoms with Crippen LogP contribution < -0.4 is 18.9 Å². The maximum Gasteiger partial charge on any atom is 0.161 e. The maximum atomic E-state index is 10.9. The molecule has 3 aliphatic rings. The van der Waals surface area contributed by atoms with Crippen molar-refractivity contribution in [2.45, 2.75) is 64.1 Å². The van der Waals surface area contributed by atoms with Crippen LogP contribution >= 0.6 is 0 Å². The Labute approximate surface area is 251 Å². The van der Waals surface area contributed by atoms with E-state index in [-0.39, 0.29) is 6.04 Å². The fourth-order valence-electron chi connectivity index (χ4n) is 7.69. The molecule has 1 unspecified atom stereocenters. The summed E-state index contributed by atoms with van der Waals surface area (Å²) in [6.45, 7) is 8.96. The summed E-state index contributed by atoms with van der Waals surface area (Å²) < 4.78 is 28.4. The topological polar surface area (TPSA) is 72.9 Å². The molecule has 1 fully saturated rings. The normalized spacial score (nSPS) is 24.7. The van der Waals surface area contributed by atoms with Crippen LogP contribution in [0.25, 0.3) is 0 Å². The zero-order chi connectivity index (χ0) is 29.8. The molecule has 0 aromatic heterocycles. The highest BCUT2D eigenvalue weighted by molar-refractivity contribution is 5.51. The van der Waals surface area contributed by atoms with Gasteiger partial charge in [0.1, 0.15) is 0 Å². The molecule has 0 bridgehead atoms. The van der Waals surface area contributed by atoms with Gasteiger partial charge >= 0.3 is 0 Å². The zero-order valence-electron chi connectivity index (χ0n) is 26.4. The van der Waals surface area contributed by atoms with Gasteiger partial charge in [0.05, 0.1) is 41.2 Å². The Bertz CT molecular complexity index is 1210. The molecule has 0 radical (unpaired) electrons. The summed E-state index contributed by atoms with van der Waals surface area (Å²) in [5.41, 5.74) is 5.38. The average molecular weight is 583 g/mol. The van der Waals surface area contributed by atoms with E-state index in [2.05, 4.69) is 41.0 Å². The number of hydrogen-bond acceptors (Lipinski definition) is 8. The monoisotopic (exact) mass is 582 g/mol. The minimum atomic E-state index is -0.523. The highest BCUT2D eigenvalue weighted by Gasteiger charge is 2.41. The number of rotatable bonds is 12. The standard InChI is InChI=1S/C34H50N2O6/c1-7-22-19-35-11-9-23-15-31(38-3)33(40-5)17-27(23)29(35)13-25(22)14-30-28-18-34(41-6)32(39-4)16-24(28)10-12-36(30)20-26(37)21-42-8-2/h15-18,22,25-26,29-30,37H,7-14,19-21H2,1-6H3/t22-,25+,26?,29-,30+/m0/s1. The van der Waals surface area contributed by atoms with Crippen LogP contribution in [0, 0.1) is 11.8 Å². The third kappa shape index (κ3) is 6.23. The molecule has 1 N–H and O–H groups in total. The van der Waals surface area contributed by atoms with Gasteiger partial charge in [-0.2, -0.15) is 0 Å². The van der Waals surface area contributed by atoms with E-state index < -0.39 is 6.10 Å². The lowest BCUT2D eigenvalue weighted by atomic mass is 9.72. The molecule has 0 saturated carbocycles. The number of methoxy groups -OCH3 is 4. The SMILES string of the molecule is CCOCC(O)CN1CCc2cc(OC)c(OC)cc2[C@H]1C[C@H]1C[C@H]2c3cc(OC)c(OC)cc3CCN2C[C@@H]1CC. The first-order valence-electron chi connectivity index (χ1n) is 15.7. The molecule has 0 aliphatic carbocycles. The van der Waals surface area contributed by atoms with Gasteiger partial charge in [-0.15, -0.1) is 0 Å². The van der Waals surface area contributed by atoms with Gasteiger partial charge in [-0.25, -0.2) is 0 Å². The van der Waals surface area contributed by atoms with Crippen LogP contribution in [0.15, 0.2) is 24.3 Å². The van der Waals surface area contributed by atoms with E-state index in [0.717, 1.165) is 74.7 Å². The fraction of sp³-hybridized carbons (Fsp3) is 0.647.